The van der Waals surface area contributed by atoms with Crippen LogP contribution in [0.2, 0.25) is 5.02 Å². The first-order valence-electron chi connectivity index (χ1n) is 4.32. The molecule has 1 aromatic rings. The van der Waals surface area contributed by atoms with E-state index in [4.69, 9.17) is 17.3 Å². The first-order valence-corrected chi connectivity index (χ1v) is 5.49. The highest BCUT2D eigenvalue weighted by molar-refractivity contribution is 9.10. The maximum atomic E-state index is 11.0. The first kappa shape index (κ1) is 12.5. The molecule has 3 nitrogen and oxygen atoms in total. The molecule has 0 amide bonds. The summed E-state index contributed by atoms with van der Waals surface area (Å²) >= 11 is 9.28. The molecular weight excluding hydrogens is 281 g/mol. The SMILES string of the molecule is COC(=O)C[C@@H](N)c1ccc(Br)cc1Cl. The Morgan fingerprint density at radius 2 is 2.33 bits per heavy atom. The predicted octanol–water partition coefficient (Wildman–Crippen LogP) is 2.67. The zero-order chi connectivity index (χ0) is 11.4. The van der Waals surface area contributed by atoms with Gasteiger partial charge in [0.1, 0.15) is 0 Å². The Bertz CT molecular complexity index is 370. The third-order valence-electron chi connectivity index (χ3n) is 1.98. The molecule has 5 heteroatoms. The lowest BCUT2D eigenvalue weighted by atomic mass is 10.1. The number of rotatable bonds is 3. The molecule has 0 fully saturated rings. The van der Waals surface area contributed by atoms with Gasteiger partial charge in [0, 0.05) is 15.5 Å². The van der Waals surface area contributed by atoms with E-state index < -0.39 is 6.04 Å². The fraction of sp³-hybridized carbons (Fsp3) is 0.300. The molecule has 82 valence electrons. The summed E-state index contributed by atoms with van der Waals surface area (Å²) in [5, 5.41) is 0.542. The predicted molar refractivity (Wildman–Crippen MR) is 62.7 cm³/mol. The number of hydrogen-bond donors (Lipinski definition) is 1. The topological polar surface area (TPSA) is 52.3 Å². The second-order valence-corrected chi connectivity index (χ2v) is 4.38. The largest absolute Gasteiger partial charge is 0.469 e. The van der Waals surface area contributed by atoms with E-state index in [1.54, 1.807) is 12.1 Å². The normalized spacial score (nSPS) is 12.3. The number of methoxy groups -OCH3 is 1. The number of nitrogens with two attached hydrogens (primary N) is 1. The molecular formula is C10H11BrClNO2. The minimum atomic E-state index is -0.432. The minimum absolute atomic E-state index is 0.123. The van der Waals surface area contributed by atoms with Crippen LogP contribution in [-0.4, -0.2) is 13.1 Å². The third kappa shape index (κ3) is 3.48. The highest BCUT2D eigenvalue weighted by Gasteiger charge is 2.14. The lowest BCUT2D eigenvalue weighted by molar-refractivity contribution is -0.141. The Hall–Kier alpha value is -0.580. The van der Waals surface area contributed by atoms with Gasteiger partial charge in [-0.05, 0) is 17.7 Å². The number of carbonyl (C=O) groups is 1. The van der Waals surface area contributed by atoms with Gasteiger partial charge in [-0.1, -0.05) is 33.6 Å². The van der Waals surface area contributed by atoms with E-state index in [9.17, 15) is 4.79 Å². The molecule has 0 aliphatic rings. The fourth-order valence-corrected chi connectivity index (χ4v) is 1.99. The first-order chi connectivity index (χ1) is 7.04. The zero-order valence-electron chi connectivity index (χ0n) is 8.17. The van der Waals surface area contributed by atoms with Gasteiger partial charge in [-0.15, -0.1) is 0 Å². The maximum absolute atomic E-state index is 11.0. The van der Waals surface area contributed by atoms with Gasteiger partial charge in [-0.2, -0.15) is 0 Å². The highest BCUT2D eigenvalue weighted by Crippen LogP contribution is 2.26. The van der Waals surface area contributed by atoms with Crippen molar-refractivity contribution < 1.29 is 9.53 Å². The van der Waals surface area contributed by atoms with E-state index in [0.717, 1.165) is 10.0 Å². The van der Waals surface area contributed by atoms with Crippen LogP contribution in [0.1, 0.15) is 18.0 Å². The molecule has 0 aliphatic carbocycles. The molecule has 0 aromatic heterocycles. The van der Waals surface area contributed by atoms with Gasteiger partial charge in [0.05, 0.1) is 13.5 Å². The van der Waals surface area contributed by atoms with Crippen molar-refractivity contribution in [3.8, 4) is 0 Å². The van der Waals surface area contributed by atoms with Crippen molar-refractivity contribution in [1.29, 1.82) is 0 Å². The summed E-state index contributed by atoms with van der Waals surface area (Å²) in [6.45, 7) is 0. The third-order valence-corrected chi connectivity index (χ3v) is 2.80. The van der Waals surface area contributed by atoms with E-state index in [2.05, 4.69) is 20.7 Å². The van der Waals surface area contributed by atoms with E-state index >= 15 is 0 Å². The van der Waals surface area contributed by atoms with Crippen molar-refractivity contribution in [2.45, 2.75) is 12.5 Å². The number of benzene rings is 1. The van der Waals surface area contributed by atoms with Crippen LogP contribution in [0.5, 0.6) is 0 Å². The Morgan fingerprint density at radius 3 is 2.87 bits per heavy atom. The van der Waals surface area contributed by atoms with Crippen LogP contribution in [0.3, 0.4) is 0 Å². The molecule has 0 heterocycles. The quantitative estimate of drug-likeness (QED) is 0.871. The van der Waals surface area contributed by atoms with Crippen LogP contribution >= 0.6 is 27.5 Å². The van der Waals surface area contributed by atoms with Crippen LogP contribution in [0, 0.1) is 0 Å². The molecule has 0 aliphatic heterocycles. The average Bonchev–Trinajstić information content (AvgIpc) is 2.17. The van der Waals surface area contributed by atoms with Crippen molar-refractivity contribution in [1.82, 2.24) is 0 Å². The van der Waals surface area contributed by atoms with Crippen LogP contribution in [0.4, 0.5) is 0 Å². The number of hydrogen-bond acceptors (Lipinski definition) is 3. The fourth-order valence-electron chi connectivity index (χ4n) is 1.18. The summed E-state index contributed by atoms with van der Waals surface area (Å²) < 4.78 is 5.41. The van der Waals surface area contributed by atoms with Crippen molar-refractivity contribution in [3.63, 3.8) is 0 Å². The standard InChI is InChI=1S/C10H11BrClNO2/c1-15-10(14)5-9(13)7-3-2-6(11)4-8(7)12/h2-4,9H,5,13H2,1H3/t9-/m1/s1. The lowest BCUT2D eigenvalue weighted by Crippen LogP contribution is -2.16. The molecule has 1 atom stereocenters. The molecule has 0 radical (unpaired) electrons. The Labute approximate surface area is 102 Å². The van der Waals surface area contributed by atoms with Crippen molar-refractivity contribution >= 4 is 33.5 Å². The van der Waals surface area contributed by atoms with Crippen LogP contribution in [-0.2, 0) is 9.53 Å². The minimum Gasteiger partial charge on any atom is -0.469 e. The molecule has 0 saturated heterocycles. The van der Waals surface area contributed by atoms with E-state index in [1.165, 1.54) is 7.11 Å². The molecule has 1 rings (SSSR count). The summed E-state index contributed by atoms with van der Waals surface area (Å²) in [5.41, 5.74) is 6.56. The number of ether oxygens (including phenoxy) is 1. The monoisotopic (exact) mass is 291 g/mol. The van der Waals surface area contributed by atoms with Crippen LogP contribution in [0.15, 0.2) is 22.7 Å². The molecule has 0 spiro atoms. The maximum Gasteiger partial charge on any atom is 0.307 e. The van der Waals surface area contributed by atoms with Crippen LogP contribution in [0.25, 0.3) is 0 Å². The molecule has 1 aromatic carbocycles. The van der Waals surface area contributed by atoms with Crippen LogP contribution < -0.4 is 5.73 Å². The number of halogens is 2. The number of carbonyl (C=O) groups excluding carboxylic acids is 1. The van der Waals surface area contributed by atoms with Gasteiger partial charge in [-0.3, -0.25) is 4.79 Å². The molecule has 2 N–H and O–H groups in total. The van der Waals surface area contributed by atoms with Gasteiger partial charge in [0.15, 0.2) is 0 Å². The van der Waals surface area contributed by atoms with E-state index in [-0.39, 0.29) is 12.4 Å². The summed E-state index contributed by atoms with van der Waals surface area (Å²) in [4.78, 5) is 11.0. The van der Waals surface area contributed by atoms with Crippen molar-refractivity contribution in [3.05, 3.63) is 33.3 Å². The summed E-state index contributed by atoms with van der Waals surface area (Å²) in [6, 6.07) is 4.94. The second kappa shape index (κ2) is 5.49. The van der Waals surface area contributed by atoms with E-state index in [1.807, 2.05) is 6.07 Å². The summed E-state index contributed by atoms with van der Waals surface area (Å²) in [5.74, 6) is -0.346. The Kier molecular flexibility index (Phi) is 4.57. The molecule has 15 heavy (non-hydrogen) atoms. The zero-order valence-corrected chi connectivity index (χ0v) is 10.5. The Morgan fingerprint density at radius 1 is 1.67 bits per heavy atom. The molecule has 0 unspecified atom stereocenters. The highest BCUT2D eigenvalue weighted by atomic mass is 79.9. The van der Waals surface area contributed by atoms with E-state index in [0.29, 0.717) is 5.02 Å². The van der Waals surface area contributed by atoms with Gasteiger partial charge in [-0.25, -0.2) is 0 Å². The van der Waals surface area contributed by atoms with Gasteiger partial charge in [0.2, 0.25) is 0 Å². The smallest absolute Gasteiger partial charge is 0.307 e. The number of esters is 1. The van der Waals surface area contributed by atoms with Gasteiger partial charge in [0.25, 0.3) is 0 Å². The summed E-state index contributed by atoms with van der Waals surface area (Å²) in [7, 11) is 1.33. The van der Waals surface area contributed by atoms with Gasteiger partial charge < -0.3 is 10.5 Å². The van der Waals surface area contributed by atoms with Crippen molar-refractivity contribution in [2.24, 2.45) is 5.73 Å². The lowest BCUT2D eigenvalue weighted by Gasteiger charge is -2.12. The van der Waals surface area contributed by atoms with Gasteiger partial charge >= 0.3 is 5.97 Å². The molecule has 0 saturated carbocycles. The summed E-state index contributed by atoms with van der Waals surface area (Å²) in [6.07, 6.45) is 0.123. The van der Waals surface area contributed by atoms with Crippen molar-refractivity contribution in [2.75, 3.05) is 7.11 Å². The second-order valence-electron chi connectivity index (χ2n) is 3.05. The average molecular weight is 293 g/mol. The Balaban J connectivity index is 2.82. The molecule has 0 bridgehead atoms.